The Morgan fingerprint density at radius 3 is 2.61 bits per heavy atom. The zero-order valence-electron chi connectivity index (χ0n) is 17.8. The molecular weight excluding hydrogens is 400 g/mol. The first-order valence-corrected chi connectivity index (χ1v) is 10.1. The van der Waals surface area contributed by atoms with Gasteiger partial charge in [-0.15, -0.1) is 0 Å². The fourth-order valence-electron chi connectivity index (χ4n) is 3.23. The van der Waals surface area contributed by atoms with Gasteiger partial charge in [-0.1, -0.05) is 6.07 Å². The lowest BCUT2D eigenvalue weighted by Gasteiger charge is -2.17. The van der Waals surface area contributed by atoms with Gasteiger partial charge in [-0.25, -0.2) is 4.79 Å². The summed E-state index contributed by atoms with van der Waals surface area (Å²) in [5.74, 6) is -0.146. The van der Waals surface area contributed by atoms with Gasteiger partial charge < -0.3 is 24.4 Å². The number of esters is 1. The van der Waals surface area contributed by atoms with Crippen LogP contribution in [0.5, 0.6) is 11.5 Å². The molecule has 2 aromatic carbocycles. The standard InChI is InChI=1S/C23H26N2O6/c1-15(2)31-19-10-9-16(12-20(19)29-3)23(28)30-14-21(26)24-17-6-4-7-18(13-17)25-11-5-8-22(25)27/h4,6-7,9-10,12-13,15H,5,8,11,14H2,1-3H3,(H,24,26). The van der Waals surface area contributed by atoms with Gasteiger partial charge in [0.2, 0.25) is 5.91 Å². The Balaban J connectivity index is 1.57. The molecule has 2 aromatic rings. The SMILES string of the molecule is COc1cc(C(=O)OCC(=O)Nc2cccc(N3CCCC3=O)c2)ccc1OC(C)C. The highest BCUT2D eigenvalue weighted by molar-refractivity contribution is 5.98. The van der Waals surface area contributed by atoms with Crippen molar-refractivity contribution in [3.05, 3.63) is 48.0 Å². The summed E-state index contributed by atoms with van der Waals surface area (Å²) >= 11 is 0. The van der Waals surface area contributed by atoms with Crippen LogP contribution in [0, 0.1) is 0 Å². The number of anilines is 2. The van der Waals surface area contributed by atoms with E-state index < -0.39 is 18.5 Å². The van der Waals surface area contributed by atoms with Crippen molar-refractivity contribution in [3.8, 4) is 11.5 Å². The van der Waals surface area contributed by atoms with Gasteiger partial charge in [-0.2, -0.15) is 0 Å². The Bertz CT molecular complexity index is 972. The van der Waals surface area contributed by atoms with E-state index in [1.165, 1.54) is 13.2 Å². The number of carbonyl (C=O) groups excluding carboxylic acids is 3. The molecule has 0 unspecified atom stereocenters. The van der Waals surface area contributed by atoms with Crippen molar-refractivity contribution in [1.29, 1.82) is 0 Å². The summed E-state index contributed by atoms with van der Waals surface area (Å²) in [7, 11) is 1.48. The van der Waals surface area contributed by atoms with Gasteiger partial charge in [0.1, 0.15) is 0 Å². The van der Waals surface area contributed by atoms with Crippen molar-refractivity contribution in [2.24, 2.45) is 0 Å². The summed E-state index contributed by atoms with van der Waals surface area (Å²) in [6.45, 7) is 3.99. The normalized spacial score (nSPS) is 13.3. The van der Waals surface area contributed by atoms with Crippen molar-refractivity contribution in [2.45, 2.75) is 32.8 Å². The fourth-order valence-corrected chi connectivity index (χ4v) is 3.23. The Labute approximate surface area is 181 Å². The smallest absolute Gasteiger partial charge is 0.338 e. The van der Waals surface area contributed by atoms with Crippen LogP contribution in [0.2, 0.25) is 0 Å². The van der Waals surface area contributed by atoms with Crippen molar-refractivity contribution in [3.63, 3.8) is 0 Å². The number of benzene rings is 2. The fraction of sp³-hybridized carbons (Fsp3) is 0.348. The third-order valence-electron chi connectivity index (χ3n) is 4.61. The van der Waals surface area contributed by atoms with E-state index in [1.54, 1.807) is 35.2 Å². The average molecular weight is 426 g/mol. The molecule has 1 N–H and O–H groups in total. The van der Waals surface area contributed by atoms with E-state index in [-0.39, 0.29) is 17.6 Å². The molecule has 0 spiro atoms. The molecule has 31 heavy (non-hydrogen) atoms. The number of ether oxygens (including phenoxy) is 3. The summed E-state index contributed by atoms with van der Waals surface area (Å²) < 4.78 is 16.0. The number of rotatable bonds is 8. The summed E-state index contributed by atoms with van der Waals surface area (Å²) in [5, 5.41) is 2.68. The lowest BCUT2D eigenvalue weighted by atomic mass is 10.2. The van der Waals surface area contributed by atoms with Crippen LogP contribution in [-0.4, -0.2) is 44.1 Å². The van der Waals surface area contributed by atoms with Crippen molar-refractivity contribution < 1.29 is 28.6 Å². The lowest BCUT2D eigenvalue weighted by molar-refractivity contribution is -0.119. The maximum Gasteiger partial charge on any atom is 0.338 e. The van der Waals surface area contributed by atoms with Gasteiger partial charge >= 0.3 is 5.97 Å². The maximum absolute atomic E-state index is 12.3. The first-order chi connectivity index (χ1) is 14.9. The quantitative estimate of drug-likeness (QED) is 0.650. The maximum atomic E-state index is 12.3. The largest absolute Gasteiger partial charge is 0.493 e. The number of methoxy groups -OCH3 is 1. The predicted molar refractivity (Wildman–Crippen MR) is 116 cm³/mol. The highest BCUT2D eigenvalue weighted by atomic mass is 16.5. The third kappa shape index (κ3) is 5.75. The molecule has 1 aliphatic heterocycles. The van der Waals surface area contributed by atoms with Gasteiger partial charge in [0.15, 0.2) is 18.1 Å². The molecular formula is C23H26N2O6. The highest BCUT2D eigenvalue weighted by Gasteiger charge is 2.22. The summed E-state index contributed by atoms with van der Waals surface area (Å²) in [6, 6.07) is 11.7. The second-order valence-electron chi connectivity index (χ2n) is 7.36. The van der Waals surface area contributed by atoms with Crippen LogP contribution < -0.4 is 19.7 Å². The van der Waals surface area contributed by atoms with E-state index in [0.717, 1.165) is 12.1 Å². The summed E-state index contributed by atoms with van der Waals surface area (Å²) in [4.78, 5) is 38.1. The van der Waals surface area contributed by atoms with Crippen LogP contribution in [0.4, 0.5) is 11.4 Å². The molecule has 164 valence electrons. The van der Waals surface area contributed by atoms with E-state index in [0.29, 0.717) is 30.2 Å². The molecule has 0 radical (unpaired) electrons. The number of carbonyl (C=O) groups is 3. The van der Waals surface area contributed by atoms with Gasteiger partial charge in [0.25, 0.3) is 5.91 Å². The Morgan fingerprint density at radius 2 is 1.94 bits per heavy atom. The minimum Gasteiger partial charge on any atom is -0.493 e. The number of nitrogens with one attached hydrogen (secondary N) is 1. The van der Waals surface area contributed by atoms with E-state index in [9.17, 15) is 14.4 Å². The highest BCUT2D eigenvalue weighted by Crippen LogP contribution is 2.29. The molecule has 1 fully saturated rings. The third-order valence-corrected chi connectivity index (χ3v) is 4.61. The van der Waals surface area contributed by atoms with E-state index in [1.807, 2.05) is 19.9 Å². The number of amides is 2. The van der Waals surface area contributed by atoms with Crippen molar-refractivity contribution in [2.75, 3.05) is 30.5 Å². The van der Waals surface area contributed by atoms with Crippen LogP contribution in [0.25, 0.3) is 0 Å². The molecule has 0 saturated carbocycles. The summed E-state index contributed by atoms with van der Waals surface area (Å²) in [6.07, 6.45) is 1.31. The number of hydrogen-bond donors (Lipinski definition) is 1. The monoisotopic (exact) mass is 426 g/mol. The Kier molecular flexibility index (Phi) is 7.12. The zero-order chi connectivity index (χ0) is 22.4. The van der Waals surface area contributed by atoms with Gasteiger partial charge in [-0.05, 0) is 56.7 Å². The Morgan fingerprint density at radius 1 is 1.13 bits per heavy atom. The zero-order valence-corrected chi connectivity index (χ0v) is 17.8. The number of hydrogen-bond acceptors (Lipinski definition) is 6. The average Bonchev–Trinajstić information content (AvgIpc) is 3.18. The lowest BCUT2D eigenvalue weighted by Crippen LogP contribution is -2.24. The van der Waals surface area contributed by atoms with Crippen molar-refractivity contribution >= 4 is 29.2 Å². The van der Waals surface area contributed by atoms with Crippen LogP contribution >= 0.6 is 0 Å². The molecule has 2 amide bonds. The van der Waals surface area contributed by atoms with E-state index in [4.69, 9.17) is 14.2 Å². The molecule has 0 atom stereocenters. The van der Waals surface area contributed by atoms with E-state index >= 15 is 0 Å². The molecule has 1 aliphatic rings. The van der Waals surface area contributed by atoms with Gasteiger partial charge in [0, 0.05) is 24.3 Å². The molecule has 1 heterocycles. The second kappa shape index (κ2) is 9.97. The number of nitrogens with zero attached hydrogens (tertiary/aromatic N) is 1. The van der Waals surface area contributed by atoms with Crippen molar-refractivity contribution in [1.82, 2.24) is 0 Å². The molecule has 1 saturated heterocycles. The second-order valence-corrected chi connectivity index (χ2v) is 7.36. The first kappa shape index (κ1) is 22.1. The van der Waals surface area contributed by atoms with Crippen LogP contribution in [0.3, 0.4) is 0 Å². The van der Waals surface area contributed by atoms with Gasteiger partial charge in [-0.3, -0.25) is 9.59 Å². The molecule has 3 rings (SSSR count). The van der Waals surface area contributed by atoms with Crippen LogP contribution in [-0.2, 0) is 14.3 Å². The summed E-state index contributed by atoms with van der Waals surface area (Å²) in [5.41, 5.74) is 1.50. The molecule has 0 bridgehead atoms. The minimum absolute atomic E-state index is 0.0440. The first-order valence-electron chi connectivity index (χ1n) is 10.1. The molecule has 8 heteroatoms. The van der Waals surface area contributed by atoms with Gasteiger partial charge in [0.05, 0.1) is 18.8 Å². The van der Waals surface area contributed by atoms with Crippen LogP contribution in [0.1, 0.15) is 37.0 Å². The molecule has 0 aromatic heterocycles. The minimum atomic E-state index is -0.652. The van der Waals surface area contributed by atoms with E-state index in [2.05, 4.69) is 5.32 Å². The Hall–Kier alpha value is -3.55. The molecule has 0 aliphatic carbocycles. The van der Waals surface area contributed by atoms with Crippen LogP contribution in [0.15, 0.2) is 42.5 Å². The molecule has 8 nitrogen and oxygen atoms in total. The topological polar surface area (TPSA) is 94.2 Å². The predicted octanol–water partition coefficient (Wildman–Crippen LogP) is 3.40.